The molecule has 1 aromatic rings. The lowest BCUT2D eigenvalue weighted by Crippen LogP contribution is -2.16. The Morgan fingerprint density at radius 3 is 2.68 bits per heavy atom. The lowest BCUT2D eigenvalue weighted by Gasteiger charge is -2.13. The van der Waals surface area contributed by atoms with Crippen LogP contribution in [0.2, 0.25) is 5.02 Å². The molecule has 0 radical (unpaired) electrons. The van der Waals surface area contributed by atoms with Crippen LogP contribution in [0.5, 0.6) is 0 Å². The molecule has 1 aromatic carbocycles. The quantitative estimate of drug-likeness (QED) is 0.525. The van der Waals surface area contributed by atoms with Gasteiger partial charge in [-0.25, -0.2) is 0 Å². The zero-order valence-electron chi connectivity index (χ0n) is 11.1. The van der Waals surface area contributed by atoms with Gasteiger partial charge in [-0.1, -0.05) is 48.7 Å². The van der Waals surface area contributed by atoms with Crippen molar-refractivity contribution in [3.63, 3.8) is 0 Å². The van der Waals surface area contributed by atoms with Gasteiger partial charge < -0.3 is 5.11 Å². The molecule has 0 saturated heterocycles. The lowest BCUT2D eigenvalue weighted by molar-refractivity contribution is -0.142. The number of carboxylic acids is 1. The molecule has 19 heavy (non-hydrogen) atoms. The number of hydrogen-bond donors (Lipinski definition) is 1. The summed E-state index contributed by atoms with van der Waals surface area (Å²) in [5.41, 5.74) is 0.919. The maximum absolute atomic E-state index is 11.3. The van der Waals surface area contributed by atoms with E-state index in [0.29, 0.717) is 17.9 Å². The van der Waals surface area contributed by atoms with Crippen LogP contribution in [0.15, 0.2) is 36.9 Å². The van der Waals surface area contributed by atoms with E-state index in [-0.39, 0.29) is 5.92 Å². The minimum absolute atomic E-state index is 0.344. The van der Waals surface area contributed by atoms with Crippen molar-refractivity contribution in [1.82, 2.24) is 0 Å². The van der Waals surface area contributed by atoms with Crippen molar-refractivity contribution >= 4 is 17.6 Å². The Morgan fingerprint density at radius 1 is 1.32 bits per heavy atom. The van der Waals surface area contributed by atoms with Gasteiger partial charge in [0.1, 0.15) is 0 Å². The monoisotopic (exact) mass is 280 g/mol. The highest BCUT2D eigenvalue weighted by Crippen LogP contribution is 2.22. The highest BCUT2D eigenvalue weighted by Gasteiger charge is 2.18. The molecule has 1 atom stereocenters. The highest BCUT2D eigenvalue weighted by atomic mass is 35.5. The summed E-state index contributed by atoms with van der Waals surface area (Å²) in [6, 6.07) is 7.46. The van der Waals surface area contributed by atoms with Crippen molar-refractivity contribution in [2.24, 2.45) is 5.92 Å². The average molecular weight is 281 g/mol. The van der Waals surface area contributed by atoms with E-state index in [0.717, 1.165) is 31.2 Å². The van der Waals surface area contributed by atoms with Crippen LogP contribution in [0.1, 0.15) is 37.7 Å². The first-order chi connectivity index (χ1) is 9.15. The molecular weight excluding hydrogens is 260 g/mol. The number of carbonyl (C=O) groups is 1. The maximum atomic E-state index is 11.3. The molecule has 0 amide bonds. The summed E-state index contributed by atoms with van der Waals surface area (Å²) in [6.45, 7) is 3.68. The van der Waals surface area contributed by atoms with E-state index in [2.05, 4.69) is 6.58 Å². The van der Waals surface area contributed by atoms with Crippen LogP contribution >= 0.6 is 11.6 Å². The van der Waals surface area contributed by atoms with Crippen molar-refractivity contribution in [1.29, 1.82) is 0 Å². The first-order valence-corrected chi connectivity index (χ1v) is 7.10. The summed E-state index contributed by atoms with van der Waals surface area (Å²) in [4.78, 5) is 11.3. The van der Waals surface area contributed by atoms with Crippen LogP contribution in [-0.4, -0.2) is 11.1 Å². The second kappa shape index (κ2) is 8.76. The molecule has 1 unspecified atom stereocenters. The molecule has 0 saturated carbocycles. The highest BCUT2D eigenvalue weighted by molar-refractivity contribution is 6.31. The van der Waals surface area contributed by atoms with E-state index in [4.69, 9.17) is 11.6 Å². The number of unbranched alkanes of at least 4 members (excludes halogenated alkanes) is 3. The van der Waals surface area contributed by atoms with Crippen molar-refractivity contribution in [2.75, 3.05) is 0 Å². The van der Waals surface area contributed by atoms with E-state index in [9.17, 15) is 9.90 Å². The Labute approximate surface area is 120 Å². The summed E-state index contributed by atoms with van der Waals surface area (Å²) >= 11 is 6.07. The minimum Gasteiger partial charge on any atom is -0.481 e. The number of aliphatic carboxylic acids is 1. The van der Waals surface area contributed by atoms with Crippen molar-refractivity contribution in [2.45, 2.75) is 38.5 Å². The third-order valence-electron chi connectivity index (χ3n) is 3.23. The Bertz CT molecular complexity index is 415. The van der Waals surface area contributed by atoms with Crippen molar-refractivity contribution in [3.05, 3.63) is 47.5 Å². The van der Waals surface area contributed by atoms with Gasteiger partial charge in [-0.3, -0.25) is 4.79 Å². The number of hydrogen-bond acceptors (Lipinski definition) is 1. The topological polar surface area (TPSA) is 37.3 Å². The van der Waals surface area contributed by atoms with Crippen molar-refractivity contribution < 1.29 is 9.90 Å². The Hall–Kier alpha value is -1.28. The molecule has 0 aliphatic heterocycles. The van der Waals surface area contributed by atoms with E-state index in [1.165, 1.54) is 0 Å². The number of halogens is 1. The van der Waals surface area contributed by atoms with Crippen LogP contribution in [0.4, 0.5) is 0 Å². The molecule has 0 aliphatic carbocycles. The van der Waals surface area contributed by atoms with E-state index in [1.54, 1.807) is 6.07 Å². The summed E-state index contributed by atoms with van der Waals surface area (Å²) in [7, 11) is 0. The van der Waals surface area contributed by atoms with Gasteiger partial charge in [0.2, 0.25) is 0 Å². The zero-order valence-corrected chi connectivity index (χ0v) is 11.9. The molecule has 104 valence electrons. The SMILES string of the molecule is C=CCCCCCC(Cc1ccccc1Cl)C(=O)O. The molecule has 3 heteroatoms. The van der Waals surface area contributed by atoms with Crippen LogP contribution in [0, 0.1) is 5.92 Å². The molecule has 1 rings (SSSR count). The second-order valence-corrected chi connectivity index (χ2v) is 5.16. The van der Waals surface area contributed by atoms with Gasteiger partial charge in [-0.15, -0.1) is 6.58 Å². The van der Waals surface area contributed by atoms with Gasteiger partial charge in [-0.05, 0) is 37.3 Å². The summed E-state index contributed by atoms with van der Waals surface area (Å²) in [5.74, 6) is -1.08. The largest absolute Gasteiger partial charge is 0.481 e. The van der Waals surface area contributed by atoms with Gasteiger partial charge in [0.05, 0.1) is 5.92 Å². The van der Waals surface area contributed by atoms with E-state index >= 15 is 0 Å². The summed E-state index contributed by atoms with van der Waals surface area (Å²) in [5, 5.41) is 9.92. The third kappa shape index (κ3) is 5.93. The lowest BCUT2D eigenvalue weighted by atomic mass is 9.93. The van der Waals surface area contributed by atoms with Crippen LogP contribution < -0.4 is 0 Å². The van der Waals surface area contributed by atoms with Crippen LogP contribution in [0.25, 0.3) is 0 Å². The molecule has 0 fully saturated rings. The Kier molecular flexibility index (Phi) is 7.27. The predicted octanol–water partition coefficient (Wildman–Crippen LogP) is 4.72. The zero-order chi connectivity index (χ0) is 14.1. The standard InChI is InChI=1S/C16H21ClO2/c1-2-3-4-5-6-10-14(16(18)19)12-13-9-7-8-11-15(13)17/h2,7-9,11,14H,1,3-6,10,12H2,(H,18,19). The first-order valence-electron chi connectivity index (χ1n) is 6.72. The van der Waals surface area contributed by atoms with Gasteiger partial charge in [-0.2, -0.15) is 0 Å². The van der Waals surface area contributed by atoms with E-state index in [1.807, 2.05) is 24.3 Å². The van der Waals surface area contributed by atoms with Crippen LogP contribution in [0.3, 0.4) is 0 Å². The second-order valence-electron chi connectivity index (χ2n) is 4.76. The molecule has 0 bridgehead atoms. The Balaban J connectivity index is 2.47. The summed E-state index contributed by atoms with van der Waals surface area (Å²) in [6.07, 6.45) is 7.20. The molecule has 1 N–H and O–H groups in total. The fraction of sp³-hybridized carbons (Fsp3) is 0.438. The molecule has 0 aliphatic rings. The fourth-order valence-corrected chi connectivity index (χ4v) is 2.31. The molecule has 0 spiro atoms. The van der Waals surface area contributed by atoms with E-state index < -0.39 is 5.97 Å². The maximum Gasteiger partial charge on any atom is 0.306 e. The third-order valence-corrected chi connectivity index (χ3v) is 3.60. The number of rotatable bonds is 9. The molecule has 0 heterocycles. The smallest absolute Gasteiger partial charge is 0.306 e. The van der Waals surface area contributed by atoms with Gasteiger partial charge >= 0.3 is 5.97 Å². The average Bonchev–Trinajstić information content (AvgIpc) is 2.39. The predicted molar refractivity (Wildman–Crippen MR) is 79.6 cm³/mol. The van der Waals surface area contributed by atoms with Crippen LogP contribution in [-0.2, 0) is 11.2 Å². The molecular formula is C16H21ClO2. The number of benzene rings is 1. The summed E-state index contributed by atoms with van der Waals surface area (Å²) < 4.78 is 0. The first kappa shape index (κ1) is 15.8. The normalized spacial score (nSPS) is 12.1. The Morgan fingerprint density at radius 2 is 2.05 bits per heavy atom. The van der Waals surface area contributed by atoms with Gasteiger partial charge in [0.25, 0.3) is 0 Å². The minimum atomic E-state index is -0.733. The van der Waals surface area contributed by atoms with Crippen molar-refractivity contribution in [3.8, 4) is 0 Å². The molecule has 0 aromatic heterocycles. The van der Waals surface area contributed by atoms with Gasteiger partial charge in [0, 0.05) is 5.02 Å². The fourth-order valence-electron chi connectivity index (χ4n) is 2.10. The number of allylic oxidation sites excluding steroid dienone is 1. The number of carboxylic acid groups (broad SMARTS) is 1. The van der Waals surface area contributed by atoms with Gasteiger partial charge in [0.15, 0.2) is 0 Å². The molecule has 2 nitrogen and oxygen atoms in total.